The Morgan fingerprint density at radius 2 is 2.33 bits per heavy atom. The second-order valence-corrected chi connectivity index (χ2v) is 5.04. The first-order chi connectivity index (χ1) is 8.16. The Bertz CT molecular complexity index is 425. The lowest BCUT2D eigenvalue weighted by Crippen LogP contribution is -2.37. The Morgan fingerprint density at radius 3 is 3.00 bits per heavy atom. The summed E-state index contributed by atoms with van der Waals surface area (Å²) in [5, 5.41) is 6.02. The maximum absolute atomic E-state index is 13.4. The van der Waals surface area contributed by atoms with Crippen LogP contribution in [0, 0.1) is 5.82 Å². The highest BCUT2D eigenvalue weighted by atomic mass is 79.9. The van der Waals surface area contributed by atoms with Crippen molar-refractivity contribution in [2.45, 2.75) is 18.9 Å². The lowest BCUT2D eigenvalue weighted by Gasteiger charge is -2.11. The predicted octanol–water partition coefficient (Wildman–Crippen LogP) is 2.49. The van der Waals surface area contributed by atoms with Gasteiger partial charge in [-0.2, -0.15) is 0 Å². The van der Waals surface area contributed by atoms with Gasteiger partial charge in [0.05, 0.1) is 5.56 Å². The Kier molecular flexibility index (Phi) is 6.05. The van der Waals surface area contributed by atoms with Crippen LogP contribution in [-0.2, 0) is 0 Å². The van der Waals surface area contributed by atoms with Crippen molar-refractivity contribution in [1.29, 1.82) is 0 Å². The van der Waals surface area contributed by atoms with E-state index in [0.717, 1.165) is 19.4 Å². The first-order valence-corrected chi connectivity index (χ1v) is 6.43. The van der Waals surface area contributed by atoms with Crippen molar-refractivity contribution in [3.8, 4) is 0 Å². The van der Waals surface area contributed by atoms with E-state index in [1.807, 2.05) is 0 Å². The molecule has 1 fully saturated rings. The highest BCUT2D eigenvalue weighted by molar-refractivity contribution is 9.10. The maximum atomic E-state index is 13.4. The molecule has 100 valence electrons. The molecule has 2 N–H and O–H groups in total. The summed E-state index contributed by atoms with van der Waals surface area (Å²) >= 11 is 3.22. The van der Waals surface area contributed by atoms with Crippen molar-refractivity contribution in [2.75, 3.05) is 13.1 Å². The van der Waals surface area contributed by atoms with Crippen molar-refractivity contribution >= 4 is 34.2 Å². The van der Waals surface area contributed by atoms with Crippen molar-refractivity contribution < 1.29 is 9.18 Å². The molecule has 0 radical (unpaired) electrons. The third-order valence-electron chi connectivity index (χ3n) is 2.84. The molecule has 1 amide bonds. The van der Waals surface area contributed by atoms with E-state index in [0.29, 0.717) is 17.1 Å². The van der Waals surface area contributed by atoms with E-state index >= 15 is 0 Å². The van der Waals surface area contributed by atoms with Crippen molar-refractivity contribution in [2.24, 2.45) is 0 Å². The molecule has 0 saturated carbocycles. The van der Waals surface area contributed by atoms with E-state index in [-0.39, 0.29) is 23.9 Å². The van der Waals surface area contributed by atoms with Gasteiger partial charge in [0.15, 0.2) is 0 Å². The molecule has 1 aliphatic rings. The van der Waals surface area contributed by atoms with Crippen LogP contribution in [0.15, 0.2) is 22.7 Å². The predicted molar refractivity (Wildman–Crippen MR) is 74.7 cm³/mol. The Balaban J connectivity index is 0.00000162. The molecule has 1 saturated heterocycles. The fraction of sp³-hybridized carbons (Fsp3) is 0.417. The summed E-state index contributed by atoms with van der Waals surface area (Å²) in [5.41, 5.74) is 0.0809. The zero-order valence-electron chi connectivity index (χ0n) is 9.71. The number of carbonyl (C=O) groups is 1. The van der Waals surface area contributed by atoms with E-state index in [4.69, 9.17) is 0 Å². The zero-order valence-corrected chi connectivity index (χ0v) is 12.1. The number of hydrogen-bond acceptors (Lipinski definition) is 2. The van der Waals surface area contributed by atoms with Crippen molar-refractivity contribution in [1.82, 2.24) is 10.6 Å². The van der Waals surface area contributed by atoms with Crippen LogP contribution in [0.5, 0.6) is 0 Å². The average Bonchev–Trinajstić information content (AvgIpc) is 2.82. The Labute approximate surface area is 120 Å². The van der Waals surface area contributed by atoms with Gasteiger partial charge in [-0.25, -0.2) is 4.39 Å². The van der Waals surface area contributed by atoms with Gasteiger partial charge in [0.1, 0.15) is 5.82 Å². The summed E-state index contributed by atoms with van der Waals surface area (Å²) in [6.45, 7) is 1.54. The topological polar surface area (TPSA) is 41.1 Å². The number of rotatable bonds is 3. The quantitative estimate of drug-likeness (QED) is 0.890. The van der Waals surface area contributed by atoms with Crippen LogP contribution in [-0.4, -0.2) is 25.0 Å². The molecule has 0 aromatic heterocycles. The lowest BCUT2D eigenvalue weighted by atomic mass is 10.2. The number of nitrogens with one attached hydrogen (secondary N) is 2. The molecule has 0 aliphatic carbocycles. The van der Waals surface area contributed by atoms with Crippen LogP contribution in [0.1, 0.15) is 23.2 Å². The van der Waals surface area contributed by atoms with Gasteiger partial charge in [-0.1, -0.05) is 15.9 Å². The van der Waals surface area contributed by atoms with Crippen molar-refractivity contribution in [3.63, 3.8) is 0 Å². The largest absolute Gasteiger partial charge is 0.350 e. The Morgan fingerprint density at radius 1 is 1.56 bits per heavy atom. The SMILES string of the molecule is Cl.O=C(NCC1CCCN1)c1cc(Br)ccc1F. The lowest BCUT2D eigenvalue weighted by molar-refractivity contribution is 0.0946. The first-order valence-electron chi connectivity index (χ1n) is 5.63. The zero-order chi connectivity index (χ0) is 12.3. The van der Waals surface area contributed by atoms with Crippen LogP contribution in [0.25, 0.3) is 0 Å². The van der Waals surface area contributed by atoms with Gasteiger partial charge in [-0.05, 0) is 37.6 Å². The number of hydrogen-bond donors (Lipinski definition) is 2. The number of benzene rings is 1. The smallest absolute Gasteiger partial charge is 0.254 e. The molecule has 6 heteroatoms. The monoisotopic (exact) mass is 336 g/mol. The molecule has 1 heterocycles. The molecule has 1 atom stereocenters. The summed E-state index contributed by atoms with van der Waals surface area (Å²) in [7, 11) is 0. The van der Waals surface area contributed by atoms with E-state index in [9.17, 15) is 9.18 Å². The van der Waals surface area contributed by atoms with Gasteiger partial charge in [-0.15, -0.1) is 12.4 Å². The van der Waals surface area contributed by atoms with Crippen LogP contribution < -0.4 is 10.6 Å². The molecule has 1 aromatic carbocycles. The summed E-state index contributed by atoms with van der Waals surface area (Å²) in [4.78, 5) is 11.8. The van der Waals surface area contributed by atoms with Gasteiger partial charge in [0.2, 0.25) is 0 Å². The Hall–Kier alpha value is -0.650. The van der Waals surface area contributed by atoms with Gasteiger partial charge < -0.3 is 10.6 Å². The van der Waals surface area contributed by atoms with Gasteiger partial charge in [0.25, 0.3) is 5.91 Å². The molecule has 1 aromatic rings. The number of amides is 1. The normalized spacial score (nSPS) is 18.2. The second kappa shape index (κ2) is 7.07. The minimum absolute atomic E-state index is 0. The van der Waals surface area contributed by atoms with Crippen LogP contribution in [0.4, 0.5) is 4.39 Å². The molecule has 0 bridgehead atoms. The number of carbonyl (C=O) groups excluding carboxylic acids is 1. The third kappa shape index (κ3) is 3.93. The molecule has 2 rings (SSSR count). The molecule has 1 aliphatic heterocycles. The average molecular weight is 338 g/mol. The third-order valence-corrected chi connectivity index (χ3v) is 3.34. The molecule has 3 nitrogen and oxygen atoms in total. The molecule has 18 heavy (non-hydrogen) atoms. The highest BCUT2D eigenvalue weighted by Gasteiger charge is 2.17. The van der Waals surface area contributed by atoms with Gasteiger partial charge >= 0.3 is 0 Å². The minimum atomic E-state index is -0.495. The fourth-order valence-electron chi connectivity index (χ4n) is 1.91. The summed E-state index contributed by atoms with van der Waals surface area (Å²) in [6.07, 6.45) is 2.19. The van der Waals surface area contributed by atoms with E-state index in [1.54, 1.807) is 6.07 Å². The molecular formula is C12H15BrClFN2O. The fourth-order valence-corrected chi connectivity index (χ4v) is 2.27. The van der Waals surface area contributed by atoms with Gasteiger partial charge in [0, 0.05) is 17.1 Å². The van der Waals surface area contributed by atoms with Gasteiger partial charge in [-0.3, -0.25) is 4.79 Å². The molecule has 0 spiro atoms. The summed E-state index contributed by atoms with van der Waals surface area (Å²) in [6, 6.07) is 4.67. The van der Waals surface area contributed by atoms with Crippen molar-refractivity contribution in [3.05, 3.63) is 34.1 Å². The molecule has 1 unspecified atom stereocenters. The van der Waals surface area contributed by atoms with E-state index in [1.165, 1.54) is 12.1 Å². The summed E-state index contributed by atoms with van der Waals surface area (Å²) < 4.78 is 14.1. The van der Waals surface area contributed by atoms with Crippen LogP contribution in [0.2, 0.25) is 0 Å². The van der Waals surface area contributed by atoms with E-state index in [2.05, 4.69) is 26.6 Å². The first kappa shape index (κ1) is 15.4. The van der Waals surface area contributed by atoms with Crippen LogP contribution >= 0.6 is 28.3 Å². The highest BCUT2D eigenvalue weighted by Crippen LogP contribution is 2.15. The van der Waals surface area contributed by atoms with E-state index < -0.39 is 5.82 Å². The second-order valence-electron chi connectivity index (χ2n) is 4.13. The maximum Gasteiger partial charge on any atom is 0.254 e. The van der Waals surface area contributed by atoms with Crippen LogP contribution in [0.3, 0.4) is 0 Å². The minimum Gasteiger partial charge on any atom is -0.350 e. The number of halogens is 3. The standard InChI is InChI=1S/C12H14BrFN2O.ClH/c13-8-3-4-11(14)10(6-8)12(17)16-7-9-2-1-5-15-9;/h3-4,6,9,15H,1-2,5,7H2,(H,16,17);1H. The molecular weight excluding hydrogens is 323 g/mol. The summed E-state index contributed by atoms with van der Waals surface area (Å²) in [5.74, 6) is -0.859.